The number of carbonyl (C=O) groups excluding carboxylic acids is 1. The van der Waals surface area contributed by atoms with Gasteiger partial charge in [-0.15, -0.1) is 0 Å². The van der Waals surface area contributed by atoms with Gasteiger partial charge in [-0.25, -0.2) is 13.1 Å². The highest BCUT2D eigenvalue weighted by atomic mass is 32.2. The number of rotatable bonds is 5. The summed E-state index contributed by atoms with van der Waals surface area (Å²) in [6, 6.07) is 4.72. The molecular weight excluding hydrogens is 392 g/mol. The van der Waals surface area contributed by atoms with Crippen LogP contribution >= 0.6 is 0 Å². The molecule has 0 bridgehead atoms. The molecule has 1 heterocycles. The molecule has 0 radical (unpaired) electrons. The lowest BCUT2D eigenvalue weighted by Gasteiger charge is -2.43. The first-order chi connectivity index (χ1) is 14.0. The van der Waals surface area contributed by atoms with Crippen LogP contribution < -0.4 is 9.46 Å². The minimum Gasteiger partial charge on any atom is -0.495 e. The Kier molecular flexibility index (Phi) is 6.13. The fourth-order valence-electron chi connectivity index (χ4n) is 4.86. The number of fused-ring (bicyclic) bond motifs is 1. The molecule has 7 nitrogen and oxygen atoms in total. The Morgan fingerprint density at radius 1 is 1.14 bits per heavy atom. The van der Waals surface area contributed by atoms with E-state index in [-0.39, 0.29) is 34.7 Å². The summed E-state index contributed by atoms with van der Waals surface area (Å²) in [4.78, 5) is 15.2. The molecular formula is C21H30N2O5S. The van der Waals surface area contributed by atoms with Crippen LogP contribution in [0, 0.1) is 0 Å². The van der Waals surface area contributed by atoms with Crippen molar-refractivity contribution in [1.29, 1.82) is 0 Å². The zero-order chi connectivity index (χ0) is 20.4. The molecule has 29 heavy (non-hydrogen) atoms. The number of benzene rings is 1. The number of amides is 1. The lowest BCUT2D eigenvalue weighted by Crippen LogP contribution is -2.54. The smallest absolute Gasteiger partial charge is 0.254 e. The van der Waals surface area contributed by atoms with Gasteiger partial charge in [0.1, 0.15) is 10.6 Å². The summed E-state index contributed by atoms with van der Waals surface area (Å²) in [5.74, 6) is 0.120. The van der Waals surface area contributed by atoms with E-state index in [1.54, 1.807) is 12.1 Å². The molecule has 3 fully saturated rings. The summed E-state index contributed by atoms with van der Waals surface area (Å²) < 4.78 is 40.0. The third-order valence-electron chi connectivity index (χ3n) is 6.37. The third kappa shape index (κ3) is 4.29. The molecule has 2 unspecified atom stereocenters. The van der Waals surface area contributed by atoms with E-state index in [0.29, 0.717) is 18.7 Å². The van der Waals surface area contributed by atoms with Gasteiger partial charge in [-0.1, -0.05) is 25.7 Å². The van der Waals surface area contributed by atoms with Gasteiger partial charge in [-0.2, -0.15) is 0 Å². The van der Waals surface area contributed by atoms with Crippen molar-refractivity contribution in [3.05, 3.63) is 23.8 Å². The van der Waals surface area contributed by atoms with Crippen molar-refractivity contribution in [1.82, 2.24) is 9.62 Å². The Labute approximate surface area is 172 Å². The molecule has 2 atom stereocenters. The van der Waals surface area contributed by atoms with E-state index >= 15 is 0 Å². The summed E-state index contributed by atoms with van der Waals surface area (Å²) in [7, 11) is -2.32. The normalized spacial score (nSPS) is 25.6. The van der Waals surface area contributed by atoms with Gasteiger partial charge in [-0.05, 0) is 43.9 Å². The van der Waals surface area contributed by atoms with Crippen LogP contribution in [0.2, 0.25) is 0 Å². The van der Waals surface area contributed by atoms with E-state index in [4.69, 9.17) is 9.47 Å². The van der Waals surface area contributed by atoms with Gasteiger partial charge in [0.2, 0.25) is 10.0 Å². The number of morpholine rings is 1. The Hall–Kier alpha value is -1.64. The van der Waals surface area contributed by atoms with Gasteiger partial charge in [0.15, 0.2) is 0 Å². The molecule has 3 aliphatic rings. The quantitative estimate of drug-likeness (QED) is 0.789. The molecule has 160 valence electrons. The van der Waals surface area contributed by atoms with E-state index in [1.165, 1.54) is 13.2 Å². The van der Waals surface area contributed by atoms with Crippen LogP contribution in [0.3, 0.4) is 0 Å². The molecule has 1 aromatic rings. The minimum atomic E-state index is -3.77. The highest BCUT2D eigenvalue weighted by Crippen LogP contribution is 2.31. The lowest BCUT2D eigenvalue weighted by molar-refractivity contribution is -0.0752. The monoisotopic (exact) mass is 422 g/mol. The number of ether oxygens (including phenoxy) is 2. The van der Waals surface area contributed by atoms with Crippen molar-refractivity contribution in [2.24, 2.45) is 0 Å². The lowest BCUT2D eigenvalue weighted by atomic mass is 9.89. The van der Waals surface area contributed by atoms with Gasteiger partial charge in [-0.3, -0.25) is 4.79 Å². The van der Waals surface area contributed by atoms with Crippen molar-refractivity contribution in [3.8, 4) is 5.75 Å². The summed E-state index contributed by atoms with van der Waals surface area (Å²) in [5, 5.41) is 0. The molecule has 1 aromatic carbocycles. The first-order valence-corrected chi connectivity index (χ1v) is 12.1. The van der Waals surface area contributed by atoms with Gasteiger partial charge < -0.3 is 14.4 Å². The molecule has 1 amide bonds. The molecule has 4 rings (SSSR count). The van der Waals surface area contributed by atoms with Crippen LogP contribution in [0.25, 0.3) is 0 Å². The second-order valence-corrected chi connectivity index (χ2v) is 9.91. The maximum Gasteiger partial charge on any atom is 0.254 e. The van der Waals surface area contributed by atoms with Crippen molar-refractivity contribution in [3.63, 3.8) is 0 Å². The third-order valence-corrected chi connectivity index (χ3v) is 7.91. The fourth-order valence-corrected chi connectivity index (χ4v) is 6.36. The van der Waals surface area contributed by atoms with Crippen molar-refractivity contribution in [2.75, 3.05) is 20.3 Å². The minimum absolute atomic E-state index is 0.0335. The number of methoxy groups -OCH3 is 1. The summed E-state index contributed by atoms with van der Waals surface area (Å²) >= 11 is 0. The van der Waals surface area contributed by atoms with Crippen LogP contribution in [-0.2, 0) is 14.8 Å². The van der Waals surface area contributed by atoms with Crippen molar-refractivity contribution < 1.29 is 22.7 Å². The van der Waals surface area contributed by atoms with Gasteiger partial charge in [0.05, 0.1) is 25.9 Å². The van der Waals surface area contributed by atoms with Crippen LogP contribution in [0.15, 0.2) is 23.1 Å². The number of hydrogen-bond acceptors (Lipinski definition) is 5. The molecule has 0 aromatic heterocycles. The highest BCUT2D eigenvalue weighted by molar-refractivity contribution is 7.89. The van der Waals surface area contributed by atoms with E-state index in [0.717, 1.165) is 51.4 Å². The molecule has 0 spiro atoms. The molecule has 2 aliphatic carbocycles. The number of nitrogens with zero attached hydrogens (tertiary/aromatic N) is 1. The Morgan fingerprint density at radius 2 is 1.86 bits per heavy atom. The largest absolute Gasteiger partial charge is 0.495 e. The molecule has 8 heteroatoms. The van der Waals surface area contributed by atoms with Gasteiger partial charge >= 0.3 is 0 Å². The standard InChI is InChI=1S/C21H30N2O5S/c1-27-19-11-10-15(14-20(19)29(25,26)22-16-6-2-3-7-16)21(24)23-12-13-28-18-9-5-4-8-17(18)23/h10-11,14,16-18,22H,2-9,12-13H2,1H3. The zero-order valence-electron chi connectivity index (χ0n) is 16.9. The number of nitrogens with one attached hydrogen (secondary N) is 1. The van der Waals surface area contributed by atoms with Gasteiger partial charge in [0, 0.05) is 18.2 Å². The van der Waals surface area contributed by atoms with E-state index in [1.807, 2.05) is 4.90 Å². The summed E-state index contributed by atoms with van der Waals surface area (Å²) in [6.45, 7) is 1.06. The Bertz CT molecular complexity index is 849. The summed E-state index contributed by atoms with van der Waals surface area (Å²) in [5.41, 5.74) is 0.379. The van der Waals surface area contributed by atoms with Crippen LogP contribution in [0.5, 0.6) is 5.75 Å². The number of carbonyl (C=O) groups is 1. The first kappa shape index (κ1) is 20.6. The van der Waals surface area contributed by atoms with Crippen LogP contribution in [-0.4, -0.2) is 57.7 Å². The topological polar surface area (TPSA) is 84.9 Å². The average molecular weight is 423 g/mol. The fraction of sp³-hybridized carbons (Fsp3) is 0.667. The molecule has 1 saturated heterocycles. The SMILES string of the molecule is COc1ccc(C(=O)N2CCOC3CCCCC32)cc1S(=O)(=O)NC1CCCC1. The van der Waals surface area contributed by atoms with Crippen molar-refractivity contribution in [2.45, 2.75) is 74.4 Å². The predicted octanol–water partition coefficient (Wildman–Crippen LogP) is 2.70. The van der Waals surface area contributed by atoms with E-state index in [9.17, 15) is 13.2 Å². The van der Waals surface area contributed by atoms with Gasteiger partial charge in [0.25, 0.3) is 5.91 Å². The second-order valence-electron chi connectivity index (χ2n) is 8.23. The Balaban J connectivity index is 1.61. The average Bonchev–Trinajstić information content (AvgIpc) is 3.24. The van der Waals surface area contributed by atoms with E-state index in [2.05, 4.69) is 4.72 Å². The highest BCUT2D eigenvalue weighted by Gasteiger charge is 2.37. The molecule has 2 saturated carbocycles. The maximum absolute atomic E-state index is 13.3. The Morgan fingerprint density at radius 3 is 2.62 bits per heavy atom. The first-order valence-electron chi connectivity index (χ1n) is 10.6. The van der Waals surface area contributed by atoms with Crippen molar-refractivity contribution >= 4 is 15.9 Å². The second kappa shape index (κ2) is 8.62. The molecule has 1 N–H and O–H groups in total. The van der Waals surface area contributed by atoms with E-state index < -0.39 is 10.0 Å². The van der Waals surface area contributed by atoms with Crippen LogP contribution in [0.1, 0.15) is 61.7 Å². The zero-order valence-corrected chi connectivity index (χ0v) is 17.7. The number of hydrogen-bond donors (Lipinski definition) is 1. The number of sulfonamides is 1. The maximum atomic E-state index is 13.3. The van der Waals surface area contributed by atoms with Crippen LogP contribution in [0.4, 0.5) is 0 Å². The molecule has 1 aliphatic heterocycles. The predicted molar refractivity (Wildman–Crippen MR) is 109 cm³/mol. The summed E-state index contributed by atoms with van der Waals surface area (Å²) in [6.07, 6.45) is 7.96.